The second-order valence-corrected chi connectivity index (χ2v) is 6.70. The smallest absolute Gasteiger partial charge is 0.261 e. The van der Waals surface area contributed by atoms with Gasteiger partial charge >= 0.3 is 0 Å². The van der Waals surface area contributed by atoms with Crippen molar-refractivity contribution in [1.82, 2.24) is 4.90 Å². The van der Waals surface area contributed by atoms with E-state index in [1.807, 2.05) is 68.1 Å². The van der Waals surface area contributed by atoms with E-state index in [2.05, 4.69) is 11.1 Å². The fraction of sp³-hybridized carbons (Fsp3) is 0.333. The molecule has 4 nitrogen and oxygen atoms in total. The Hall–Kier alpha value is -2.62. The van der Waals surface area contributed by atoms with Gasteiger partial charge in [-0.3, -0.25) is 9.79 Å². The zero-order valence-corrected chi connectivity index (χ0v) is 15.0. The van der Waals surface area contributed by atoms with Crippen molar-refractivity contribution in [3.05, 3.63) is 59.7 Å². The van der Waals surface area contributed by atoms with Crippen LogP contribution in [0.2, 0.25) is 0 Å². The Balaban J connectivity index is 1.61. The monoisotopic (exact) mass is 336 g/mol. The highest BCUT2D eigenvalue weighted by Crippen LogP contribution is 2.26. The highest BCUT2D eigenvalue weighted by Gasteiger charge is 2.22. The van der Waals surface area contributed by atoms with Crippen molar-refractivity contribution in [3.8, 4) is 5.75 Å². The lowest BCUT2D eigenvalue weighted by Crippen LogP contribution is -2.43. The summed E-state index contributed by atoms with van der Waals surface area (Å²) >= 11 is 0. The van der Waals surface area contributed by atoms with Gasteiger partial charge in [0.25, 0.3) is 5.91 Å². The highest BCUT2D eigenvalue weighted by molar-refractivity contribution is 5.97. The number of para-hydroxylation sites is 1. The predicted octanol–water partition coefficient (Wildman–Crippen LogP) is 3.94. The number of hydrogen-bond acceptors (Lipinski definition) is 3. The largest absolute Gasteiger partial charge is 0.484 e. The van der Waals surface area contributed by atoms with Gasteiger partial charge < -0.3 is 9.64 Å². The summed E-state index contributed by atoms with van der Waals surface area (Å²) in [5.74, 6) is 0.697. The van der Waals surface area contributed by atoms with Crippen molar-refractivity contribution in [3.63, 3.8) is 0 Å². The molecule has 0 aromatic heterocycles. The molecule has 0 atom stereocenters. The normalized spacial score (nSPS) is 12.7. The standard InChI is InChI=1S/C21H24N2O2/c1-15(2)23(13-18-12-17-6-4-5-7-20(17)22-18)21(24)14-25-19-10-8-16(3)9-11-19/h4-11,15H,12-14H2,1-3H3. The molecule has 0 bridgehead atoms. The van der Waals surface area contributed by atoms with Gasteiger partial charge in [-0.25, -0.2) is 0 Å². The van der Waals surface area contributed by atoms with Gasteiger partial charge in [0, 0.05) is 18.2 Å². The van der Waals surface area contributed by atoms with Crippen LogP contribution >= 0.6 is 0 Å². The van der Waals surface area contributed by atoms with Gasteiger partial charge in [-0.05, 0) is 44.5 Å². The lowest BCUT2D eigenvalue weighted by atomic mass is 10.1. The highest BCUT2D eigenvalue weighted by atomic mass is 16.5. The fourth-order valence-electron chi connectivity index (χ4n) is 2.91. The molecule has 0 N–H and O–H groups in total. The predicted molar refractivity (Wildman–Crippen MR) is 101 cm³/mol. The minimum atomic E-state index is -0.0192. The van der Waals surface area contributed by atoms with Gasteiger partial charge in [-0.2, -0.15) is 0 Å². The fourth-order valence-corrected chi connectivity index (χ4v) is 2.91. The molecule has 1 aliphatic rings. The number of amides is 1. The summed E-state index contributed by atoms with van der Waals surface area (Å²) in [6.45, 7) is 6.65. The third kappa shape index (κ3) is 4.27. The van der Waals surface area contributed by atoms with E-state index in [0.717, 1.165) is 17.8 Å². The molecule has 3 rings (SSSR count). The van der Waals surface area contributed by atoms with E-state index >= 15 is 0 Å². The molecule has 130 valence electrons. The molecule has 0 spiro atoms. The van der Waals surface area contributed by atoms with Crippen molar-refractivity contribution < 1.29 is 9.53 Å². The molecule has 4 heteroatoms. The van der Waals surface area contributed by atoms with E-state index in [4.69, 9.17) is 4.74 Å². The SMILES string of the molecule is Cc1ccc(OCC(=O)N(CC2=Nc3ccccc3C2)C(C)C)cc1. The number of aryl methyl sites for hydroxylation is 1. The van der Waals surface area contributed by atoms with Crippen LogP contribution < -0.4 is 4.74 Å². The van der Waals surface area contributed by atoms with E-state index in [0.29, 0.717) is 12.3 Å². The molecule has 0 saturated carbocycles. The molecular weight excluding hydrogens is 312 g/mol. The van der Waals surface area contributed by atoms with Gasteiger partial charge in [0.05, 0.1) is 12.2 Å². The summed E-state index contributed by atoms with van der Waals surface area (Å²) in [6, 6.07) is 16.0. The lowest BCUT2D eigenvalue weighted by Gasteiger charge is -2.26. The number of carbonyl (C=O) groups excluding carboxylic acids is 1. The van der Waals surface area contributed by atoms with Crippen LogP contribution in [0.25, 0.3) is 0 Å². The molecule has 0 radical (unpaired) electrons. The number of fused-ring (bicyclic) bond motifs is 1. The number of carbonyl (C=O) groups is 1. The van der Waals surface area contributed by atoms with E-state index in [1.54, 1.807) is 0 Å². The molecule has 25 heavy (non-hydrogen) atoms. The molecule has 1 amide bonds. The van der Waals surface area contributed by atoms with Crippen molar-refractivity contribution in [2.75, 3.05) is 13.2 Å². The summed E-state index contributed by atoms with van der Waals surface area (Å²) in [5.41, 5.74) is 4.44. The number of nitrogens with zero attached hydrogens (tertiary/aromatic N) is 2. The van der Waals surface area contributed by atoms with Crippen LogP contribution in [0, 0.1) is 6.92 Å². The van der Waals surface area contributed by atoms with E-state index in [-0.39, 0.29) is 18.6 Å². The Labute approximate surface area is 149 Å². The molecule has 0 fully saturated rings. The first-order valence-corrected chi connectivity index (χ1v) is 8.66. The molecular formula is C21H24N2O2. The van der Waals surface area contributed by atoms with Crippen LogP contribution in [0.1, 0.15) is 25.0 Å². The number of aliphatic imine (C=N–C) groups is 1. The zero-order valence-electron chi connectivity index (χ0n) is 15.0. The maximum atomic E-state index is 12.6. The minimum absolute atomic E-state index is 0.0192. The van der Waals surface area contributed by atoms with E-state index in [9.17, 15) is 4.79 Å². The summed E-state index contributed by atoms with van der Waals surface area (Å²) in [7, 11) is 0. The second-order valence-electron chi connectivity index (χ2n) is 6.70. The number of ether oxygens (including phenoxy) is 1. The first-order chi connectivity index (χ1) is 12.0. The van der Waals surface area contributed by atoms with E-state index < -0.39 is 0 Å². The number of rotatable bonds is 6. The van der Waals surface area contributed by atoms with Gasteiger partial charge in [0.15, 0.2) is 6.61 Å². The lowest BCUT2D eigenvalue weighted by molar-refractivity contribution is -0.134. The van der Waals surface area contributed by atoms with Crippen LogP contribution in [0.5, 0.6) is 5.75 Å². The number of benzene rings is 2. The molecule has 0 saturated heterocycles. The van der Waals surface area contributed by atoms with Crippen LogP contribution in [0.4, 0.5) is 5.69 Å². The Kier molecular flexibility index (Phi) is 5.17. The third-order valence-electron chi connectivity index (χ3n) is 4.34. The van der Waals surface area contributed by atoms with Crippen LogP contribution in [-0.4, -0.2) is 35.7 Å². The Morgan fingerprint density at radius 3 is 2.56 bits per heavy atom. The van der Waals surface area contributed by atoms with Crippen LogP contribution in [-0.2, 0) is 11.2 Å². The van der Waals surface area contributed by atoms with Crippen molar-refractivity contribution >= 4 is 17.3 Å². The first-order valence-electron chi connectivity index (χ1n) is 8.66. The summed E-state index contributed by atoms with van der Waals surface area (Å²) in [5, 5.41) is 0. The number of hydrogen-bond donors (Lipinski definition) is 0. The topological polar surface area (TPSA) is 41.9 Å². The molecule has 0 unspecified atom stereocenters. The first kappa shape index (κ1) is 17.2. The Morgan fingerprint density at radius 2 is 1.88 bits per heavy atom. The zero-order chi connectivity index (χ0) is 17.8. The van der Waals surface area contributed by atoms with Crippen LogP contribution in [0.15, 0.2) is 53.5 Å². The maximum absolute atomic E-state index is 12.6. The molecule has 1 aliphatic heterocycles. The Morgan fingerprint density at radius 1 is 1.16 bits per heavy atom. The minimum Gasteiger partial charge on any atom is -0.484 e. The summed E-state index contributed by atoms with van der Waals surface area (Å²) in [4.78, 5) is 19.1. The second kappa shape index (κ2) is 7.51. The van der Waals surface area contributed by atoms with Gasteiger partial charge in [0.1, 0.15) is 5.75 Å². The van der Waals surface area contributed by atoms with Gasteiger partial charge in [0.2, 0.25) is 0 Å². The third-order valence-corrected chi connectivity index (χ3v) is 4.34. The molecule has 2 aromatic carbocycles. The van der Waals surface area contributed by atoms with Crippen molar-refractivity contribution in [2.24, 2.45) is 4.99 Å². The van der Waals surface area contributed by atoms with Crippen molar-refractivity contribution in [1.29, 1.82) is 0 Å². The Bertz CT molecular complexity index is 779. The summed E-state index contributed by atoms with van der Waals surface area (Å²) in [6.07, 6.45) is 0.811. The maximum Gasteiger partial charge on any atom is 0.261 e. The van der Waals surface area contributed by atoms with Gasteiger partial charge in [-0.15, -0.1) is 0 Å². The summed E-state index contributed by atoms with van der Waals surface area (Å²) < 4.78 is 5.65. The molecule has 2 aromatic rings. The molecule has 1 heterocycles. The van der Waals surface area contributed by atoms with Crippen molar-refractivity contribution in [2.45, 2.75) is 33.2 Å². The van der Waals surface area contributed by atoms with Gasteiger partial charge in [-0.1, -0.05) is 35.9 Å². The van der Waals surface area contributed by atoms with Crippen LogP contribution in [0.3, 0.4) is 0 Å². The van der Waals surface area contributed by atoms with E-state index in [1.165, 1.54) is 11.1 Å². The molecule has 0 aliphatic carbocycles. The quantitative estimate of drug-likeness (QED) is 0.802. The average molecular weight is 336 g/mol. The average Bonchev–Trinajstić information content (AvgIpc) is 3.01.